The maximum atomic E-state index is 12.2. The summed E-state index contributed by atoms with van der Waals surface area (Å²) in [7, 11) is 0. The molecule has 1 unspecified atom stereocenters. The highest BCUT2D eigenvalue weighted by Crippen LogP contribution is 2.03. The van der Waals surface area contributed by atoms with Crippen LogP contribution in [0, 0.1) is 5.92 Å². The quantitative estimate of drug-likeness (QED) is 0.484. The molecule has 4 N–H and O–H groups in total. The number of aliphatic carboxylic acids is 1. The smallest absolute Gasteiger partial charge is 0.315 e. The van der Waals surface area contributed by atoms with Gasteiger partial charge in [0.2, 0.25) is 5.91 Å². The largest absolute Gasteiger partial charge is 0.481 e. The fourth-order valence-corrected chi connectivity index (χ4v) is 2.23. The molecule has 7 nitrogen and oxygen atoms in total. The summed E-state index contributed by atoms with van der Waals surface area (Å²) in [6.45, 7) is 4.48. The average Bonchev–Trinajstić information content (AvgIpc) is 2.57. The minimum absolute atomic E-state index is 0.0681. The normalized spacial score (nSPS) is 11.6. The van der Waals surface area contributed by atoms with Gasteiger partial charge in [0, 0.05) is 19.5 Å². The lowest BCUT2D eigenvalue weighted by Crippen LogP contribution is -2.52. The molecule has 25 heavy (non-hydrogen) atoms. The van der Waals surface area contributed by atoms with Gasteiger partial charge in [-0.05, 0) is 24.3 Å². The molecule has 1 atom stereocenters. The molecule has 0 aliphatic rings. The predicted molar refractivity (Wildman–Crippen MR) is 94.9 cm³/mol. The highest BCUT2D eigenvalue weighted by Gasteiger charge is 2.23. The van der Waals surface area contributed by atoms with Crippen molar-refractivity contribution in [3.63, 3.8) is 0 Å². The molecule has 0 aliphatic heterocycles. The minimum atomic E-state index is -0.844. The van der Waals surface area contributed by atoms with Crippen LogP contribution in [0.5, 0.6) is 0 Å². The van der Waals surface area contributed by atoms with E-state index in [1.807, 2.05) is 44.2 Å². The fourth-order valence-electron chi connectivity index (χ4n) is 2.23. The van der Waals surface area contributed by atoms with E-state index in [9.17, 15) is 14.4 Å². The number of nitrogens with one attached hydrogen (secondary N) is 3. The Morgan fingerprint density at radius 3 is 2.32 bits per heavy atom. The first kappa shape index (κ1) is 20.5. The number of carbonyl (C=O) groups excluding carboxylic acids is 2. The Balaban J connectivity index is 2.37. The van der Waals surface area contributed by atoms with Crippen molar-refractivity contribution in [1.29, 1.82) is 0 Å². The standard InChI is InChI=1S/C18H27N3O4/c1-13(2)16(17(24)19-11-7-6-10-15(22)23)21-18(25)20-12-14-8-4-3-5-9-14/h3-5,8-9,13,16H,6-7,10-12H2,1-2H3,(H,19,24)(H,22,23)(H2,20,21,25). The maximum absolute atomic E-state index is 12.2. The van der Waals surface area contributed by atoms with E-state index in [0.29, 0.717) is 25.9 Å². The second kappa shape index (κ2) is 11.1. The molecule has 7 heteroatoms. The average molecular weight is 349 g/mol. The molecule has 0 heterocycles. The van der Waals surface area contributed by atoms with E-state index in [4.69, 9.17) is 5.11 Å². The van der Waals surface area contributed by atoms with Crippen molar-refractivity contribution < 1.29 is 19.5 Å². The van der Waals surface area contributed by atoms with Crippen LogP contribution in [0.3, 0.4) is 0 Å². The highest BCUT2D eigenvalue weighted by atomic mass is 16.4. The van der Waals surface area contributed by atoms with Crippen molar-refractivity contribution in [2.45, 2.75) is 45.7 Å². The summed E-state index contributed by atoms with van der Waals surface area (Å²) in [4.78, 5) is 34.7. The molecule has 0 radical (unpaired) electrons. The van der Waals surface area contributed by atoms with E-state index >= 15 is 0 Å². The Morgan fingerprint density at radius 2 is 1.72 bits per heavy atom. The lowest BCUT2D eigenvalue weighted by atomic mass is 10.0. The van der Waals surface area contributed by atoms with Crippen LogP contribution in [-0.4, -0.2) is 35.6 Å². The molecule has 0 saturated carbocycles. The highest BCUT2D eigenvalue weighted by molar-refractivity contribution is 5.87. The van der Waals surface area contributed by atoms with Crippen molar-refractivity contribution >= 4 is 17.9 Å². The van der Waals surface area contributed by atoms with Crippen LogP contribution in [0.25, 0.3) is 0 Å². The van der Waals surface area contributed by atoms with Gasteiger partial charge in [0.05, 0.1) is 0 Å². The molecular weight excluding hydrogens is 322 g/mol. The van der Waals surface area contributed by atoms with Gasteiger partial charge in [0.15, 0.2) is 0 Å². The van der Waals surface area contributed by atoms with Crippen molar-refractivity contribution in [2.75, 3.05) is 6.54 Å². The molecule has 0 saturated heterocycles. The lowest BCUT2D eigenvalue weighted by molar-refractivity contribution is -0.137. The van der Waals surface area contributed by atoms with E-state index < -0.39 is 18.0 Å². The molecular formula is C18H27N3O4. The lowest BCUT2D eigenvalue weighted by Gasteiger charge is -2.22. The first-order chi connectivity index (χ1) is 11.9. The van der Waals surface area contributed by atoms with Gasteiger partial charge in [-0.15, -0.1) is 0 Å². The molecule has 0 bridgehead atoms. The minimum Gasteiger partial charge on any atom is -0.481 e. The first-order valence-corrected chi connectivity index (χ1v) is 8.48. The summed E-state index contributed by atoms with van der Waals surface area (Å²) in [5.74, 6) is -1.18. The Kier molecular flexibility index (Phi) is 9.06. The Morgan fingerprint density at radius 1 is 1.04 bits per heavy atom. The Labute approximate surface area is 148 Å². The molecule has 3 amide bonds. The second-order valence-corrected chi connectivity index (χ2v) is 6.18. The number of carbonyl (C=O) groups is 3. The zero-order valence-electron chi connectivity index (χ0n) is 14.7. The monoisotopic (exact) mass is 349 g/mol. The number of rotatable bonds is 10. The molecule has 0 aliphatic carbocycles. The molecule has 0 spiro atoms. The van der Waals surface area contributed by atoms with Crippen molar-refractivity contribution in [1.82, 2.24) is 16.0 Å². The van der Waals surface area contributed by atoms with Gasteiger partial charge < -0.3 is 21.1 Å². The topological polar surface area (TPSA) is 108 Å². The third-order valence-corrected chi connectivity index (χ3v) is 3.65. The third kappa shape index (κ3) is 8.74. The van der Waals surface area contributed by atoms with Gasteiger partial charge in [0.1, 0.15) is 6.04 Å². The summed E-state index contributed by atoms with van der Waals surface area (Å²) >= 11 is 0. The molecule has 138 valence electrons. The zero-order chi connectivity index (χ0) is 18.7. The molecule has 1 aromatic rings. The number of amides is 3. The summed E-state index contributed by atoms with van der Waals surface area (Å²) in [5, 5.41) is 16.7. The van der Waals surface area contributed by atoms with Crippen molar-refractivity contribution in [3.05, 3.63) is 35.9 Å². The van der Waals surface area contributed by atoms with Crippen LogP contribution < -0.4 is 16.0 Å². The number of carboxylic acid groups (broad SMARTS) is 1. The van der Waals surface area contributed by atoms with Gasteiger partial charge in [-0.1, -0.05) is 44.2 Å². The van der Waals surface area contributed by atoms with Crippen LogP contribution in [-0.2, 0) is 16.1 Å². The van der Waals surface area contributed by atoms with E-state index in [1.54, 1.807) is 0 Å². The SMILES string of the molecule is CC(C)C(NC(=O)NCc1ccccc1)C(=O)NCCCCC(=O)O. The number of hydrogen-bond acceptors (Lipinski definition) is 3. The fraction of sp³-hybridized carbons (Fsp3) is 0.500. The number of urea groups is 1. The second-order valence-electron chi connectivity index (χ2n) is 6.18. The van der Waals surface area contributed by atoms with Crippen molar-refractivity contribution in [2.24, 2.45) is 5.92 Å². The molecule has 0 fully saturated rings. The van der Waals surface area contributed by atoms with Gasteiger partial charge in [-0.3, -0.25) is 9.59 Å². The van der Waals surface area contributed by atoms with Crippen LogP contribution in [0.1, 0.15) is 38.7 Å². The molecule has 1 rings (SSSR count). The van der Waals surface area contributed by atoms with Gasteiger partial charge in [0.25, 0.3) is 0 Å². The summed E-state index contributed by atoms with van der Waals surface area (Å²) in [6.07, 6.45) is 1.18. The van der Waals surface area contributed by atoms with E-state index in [0.717, 1.165) is 5.56 Å². The van der Waals surface area contributed by atoms with Crippen molar-refractivity contribution in [3.8, 4) is 0 Å². The number of hydrogen-bond donors (Lipinski definition) is 4. The van der Waals surface area contributed by atoms with Gasteiger partial charge >= 0.3 is 12.0 Å². The van der Waals surface area contributed by atoms with Gasteiger partial charge in [-0.25, -0.2) is 4.79 Å². The van der Waals surface area contributed by atoms with Gasteiger partial charge in [-0.2, -0.15) is 0 Å². The molecule has 0 aromatic heterocycles. The third-order valence-electron chi connectivity index (χ3n) is 3.65. The summed E-state index contributed by atoms with van der Waals surface area (Å²) in [6, 6.07) is 8.46. The van der Waals surface area contributed by atoms with Crippen LogP contribution >= 0.6 is 0 Å². The number of carboxylic acids is 1. The van der Waals surface area contributed by atoms with Crippen LogP contribution in [0.15, 0.2) is 30.3 Å². The van der Waals surface area contributed by atoms with E-state index in [2.05, 4.69) is 16.0 Å². The number of unbranched alkanes of at least 4 members (excludes halogenated alkanes) is 1. The number of benzene rings is 1. The Bertz CT molecular complexity index is 561. The first-order valence-electron chi connectivity index (χ1n) is 8.48. The molecule has 1 aromatic carbocycles. The zero-order valence-corrected chi connectivity index (χ0v) is 14.7. The summed E-state index contributed by atoms with van der Waals surface area (Å²) < 4.78 is 0. The van der Waals surface area contributed by atoms with E-state index in [1.165, 1.54) is 0 Å². The van der Waals surface area contributed by atoms with E-state index in [-0.39, 0.29) is 18.2 Å². The Hall–Kier alpha value is -2.57. The van der Waals surface area contributed by atoms with Crippen LogP contribution in [0.2, 0.25) is 0 Å². The van der Waals surface area contributed by atoms with Crippen LogP contribution in [0.4, 0.5) is 4.79 Å². The predicted octanol–water partition coefficient (Wildman–Crippen LogP) is 1.88. The maximum Gasteiger partial charge on any atom is 0.315 e. The summed E-state index contributed by atoms with van der Waals surface area (Å²) in [5.41, 5.74) is 0.974.